The maximum Gasteiger partial charge on any atom is 0.311 e. The molecule has 0 aliphatic carbocycles. The molecule has 0 unspecified atom stereocenters. The van der Waals surface area contributed by atoms with Gasteiger partial charge >= 0.3 is 6.08 Å². The normalized spacial score (nSPS) is 10.4. The minimum absolute atomic E-state index is 0.204. The van der Waals surface area contributed by atoms with E-state index in [1.807, 2.05) is 0 Å². The molecule has 2 aromatic heterocycles. The molecule has 5 nitrogen and oxygen atoms in total. The lowest BCUT2D eigenvalue weighted by Gasteiger charge is -1.92. The molecule has 60 valence electrons. The second-order valence-corrected chi connectivity index (χ2v) is 2.12. The smallest absolute Gasteiger partial charge is 0.311 e. The summed E-state index contributed by atoms with van der Waals surface area (Å²) in [6.07, 6.45) is 1.46. The van der Waals surface area contributed by atoms with Crippen LogP contribution in [-0.2, 0) is 0 Å². The van der Waals surface area contributed by atoms with E-state index in [-0.39, 0.29) is 11.3 Å². The topological polar surface area (TPSA) is 78.3 Å². The highest BCUT2D eigenvalue weighted by Crippen LogP contribution is 2.08. The van der Waals surface area contributed by atoms with E-state index >= 15 is 0 Å². The van der Waals surface area contributed by atoms with Gasteiger partial charge < -0.3 is 10.4 Å². The zero-order valence-electron chi connectivity index (χ0n) is 5.87. The molecule has 0 bridgehead atoms. The minimum Gasteiger partial charge on any atom is -0.341 e. The molecular weight excluding hydrogens is 161 g/mol. The van der Waals surface area contributed by atoms with Crippen molar-refractivity contribution in [3.8, 4) is 0 Å². The Hall–Kier alpha value is -1.85. The van der Waals surface area contributed by atoms with E-state index in [1.54, 1.807) is 0 Å². The van der Waals surface area contributed by atoms with Gasteiger partial charge in [0.2, 0.25) is 0 Å². The molecule has 0 amide bonds. The van der Waals surface area contributed by atoms with Crippen LogP contribution in [0.2, 0.25) is 0 Å². The Morgan fingerprint density at radius 2 is 2.33 bits per heavy atom. The van der Waals surface area contributed by atoms with E-state index in [1.165, 1.54) is 6.33 Å². The molecule has 2 rings (SSSR count). The Balaban J connectivity index is 2.88. The molecule has 2 N–H and O–H groups in total. The zero-order valence-corrected chi connectivity index (χ0v) is 5.87. The highest BCUT2D eigenvalue weighted by Gasteiger charge is 2.06. The lowest BCUT2D eigenvalue weighted by Crippen LogP contribution is -1.96. The van der Waals surface area contributed by atoms with Crippen molar-refractivity contribution < 1.29 is 4.39 Å². The second-order valence-electron chi connectivity index (χ2n) is 2.12. The molecule has 0 spiro atoms. The average molecular weight is 165 g/mol. The molecule has 0 aliphatic heterocycles. The number of H-pyrrole nitrogens is 1. The first-order valence-electron chi connectivity index (χ1n) is 3.18. The summed E-state index contributed by atoms with van der Waals surface area (Å²) >= 11 is 0. The summed E-state index contributed by atoms with van der Waals surface area (Å²) in [6, 6.07) is 0. The van der Waals surface area contributed by atoms with Crippen molar-refractivity contribution in [1.29, 1.82) is 5.41 Å². The van der Waals surface area contributed by atoms with Crippen LogP contribution in [0.3, 0.4) is 0 Å². The van der Waals surface area contributed by atoms with Gasteiger partial charge in [-0.15, -0.1) is 0 Å². The van der Waals surface area contributed by atoms with Gasteiger partial charge in [-0.25, -0.2) is 4.98 Å². The van der Waals surface area contributed by atoms with Crippen molar-refractivity contribution in [2.24, 2.45) is 0 Å². The standard InChI is InChI=1S/C6H4FN5/c7-6-11-3(1-8)4-5(12-6)10-2-9-4/h1-2,8H,(H,9,10,11,12). The van der Waals surface area contributed by atoms with E-state index < -0.39 is 6.08 Å². The van der Waals surface area contributed by atoms with E-state index in [4.69, 9.17) is 5.41 Å². The first kappa shape index (κ1) is 6.84. The van der Waals surface area contributed by atoms with Crippen LogP contribution in [0.4, 0.5) is 4.39 Å². The Morgan fingerprint density at radius 1 is 1.50 bits per heavy atom. The first-order chi connectivity index (χ1) is 5.81. The molecule has 0 saturated carbocycles. The predicted octanol–water partition coefficient (Wildman–Crippen LogP) is 0.490. The number of aromatic amines is 1. The molecule has 2 aromatic rings. The van der Waals surface area contributed by atoms with Gasteiger partial charge in [0.05, 0.1) is 6.33 Å². The number of fused-ring (bicyclic) bond motifs is 1. The summed E-state index contributed by atoms with van der Waals surface area (Å²) < 4.78 is 12.6. The quantitative estimate of drug-likeness (QED) is 0.476. The van der Waals surface area contributed by atoms with Crippen molar-refractivity contribution in [1.82, 2.24) is 19.9 Å². The molecule has 0 aliphatic rings. The van der Waals surface area contributed by atoms with E-state index in [9.17, 15) is 4.39 Å². The molecule has 0 atom stereocenters. The Kier molecular flexibility index (Phi) is 1.33. The third-order valence-electron chi connectivity index (χ3n) is 1.42. The van der Waals surface area contributed by atoms with Crippen molar-refractivity contribution in [2.45, 2.75) is 0 Å². The number of hydrogen-bond donors (Lipinski definition) is 2. The highest BCUT2D eigenvalue weighted by molar-refractivity contribution is 5.90. The number of imidazole rings is 1. The Bertz CT molecular complexity index is 434. The molecule has 6 heteroatoms. The third-order valence-corrected chi connectivity index (χ3v) is 1.42. The minimum atomic E-state index is -0.867. The number of aromatic nitrogens is 4. The van der Waals surface area contributed by atoms with Gasteiger partial charge in [0.15, 0.2) is 5.65 Å². The van der Waals surface area contributed by atoms with Crippen molar-refractivity contribution in [2.75, 3.05) is 0 Å². The fraction of sp³-hybridized carbons (Fsp3) is 0. The van der Waals surface area contributed by atoms with Crippen molar-refractivity contribution in [3.05, 3.63) is 18.1 Å². The molecule has 0 radical (unpaired) electrons. The highest BCUT2D eigenvalue weighted by atomic mass is 19.1. The molecule has 12 heavy (non-hydrogen) atoms. The molecule has 0 fully saturated rings. The van der Waals surface area contributed by atoms with Gasteiger partial charge in [-0.05, 0) is 0 Å². The van der Waals surface area contributed by atoms with Crippen LogP contribution in [0.1, 0.15) is 5.69 Å². The fourth-order valence-corrected chi connectivity index (χ4v) is 0.932. The van der Waals surface area contributed by atoms with Gasteiger partial charge in [0.25, 0.3) is 0 Å². The first-order valence-corrected chi connectivity index (χ1v) is 3.18. The number of halogens is 1. The number of nitrogens with one attached hydrogen (secondary N) is 2. The lowest BCUT2D eigenvalue weighted by molar-refractivity contribution is 0.543. The van der Waals surface area contributed by atoms with E-state index in [0.29, 0.717) is 5.52 Å². The maximum absolute atomic E-state index is 12.6. The van der Waals surface area contributed by atoms with Crippen LogP contribution >= 0.6 is 0 Å². The van der Waals surface area contributed by atoms with E-state index in [2.05, 4.69) is 19.9 Å². The SMILES string of the molecule is N=Cc1nc(F)nc2nc[nH]c12. The van der Waals surface area contributed by atoms with Crippen LogP contribution in [0.25, 0.3) is 11.2 Å². The summed E-state index contributed by atoms with van der Waals surface area (Å²) in [5, 5.41) is 6.93. The van der Waals surface area contributed by atoms with Crippen molar-refractivity contribution >= 4 is 17.4 Å². The number of nitrogens with zero attached hydrogens (tertiary/aromatic N) is 3. The fourth-order valence-electron chi connectivity index (χ4n) is 0.932. The number of hydrogen-bond acceptors (Lipinski definition) is 4. The molecule has 0 saturated heterocycles. The Labute approximate surface area is 66.2 Å². The van der Waals surface area contributed by atoms with Crippen molar-refractivity contribution in [3.63, 3.8) is 0 Å². The van der Waals surface area contributed by atoms with Crippen LogP contribution in [0, 0.1) is 11.5 Å². The molecule has 2 heterocycles. The molecular formula is C6H4FN5. The summed E-state index contributed by atoms with van der Waals surface area (Å²) in [7, 11) is 0. The van der Waals surface area contributed by atoms with E-state index in [0.717, 1.165) is 6.21 Å². The summed E-state index contributed by atoms with van der Waals surface area (Å²) in [5.74, 6) is 0. The lowest BCUT2D eigenvalue weighted by atomic mass is 10.4. The monoisotopic (exact) mass is 165 g/mol. The van der Waals surface area contributed by atoms with Crippen LogP contribution in [0.5, 0.6) is 0 Å². The van der Waals surface area contributed by atoms with Crippen LogP contribution < -0.4 is 0 Å². The zero-order chi connectivity index (χ0) is 8.55. The average Bonchev–Trinajstić information content (AvgIpc) is 2.50. The van der Waals surface area contributed by atoms with Gasteiger partial charge in [-0.2, -0.15) is 14.4 Å². The number of rotatable bonds is 1. The summed E-state index contributed by atoms with van der Waals surface area (Å²) in [6.45, 7) is 0. The largest absolute Gasteiger partial charge is 0.341 e. The predicted molar refractivity (Wildman–Crippen MR) is 39.5 cm³/mol. The van der Waals surface area contributed by atoms with Gasteiger partial charge in [-0.1, -0.05) is 0 Å². The van der Waals surface area contributed by atoms with Crippen LogP contribution in [0.15, 0.2) is 6.33 Å². The van der Waals surface area contributed by atoms with Crippen LogP contribution in [-0.4, -0.2) is 26.2 Å². The van der Waals surface area contributed by atoms with Gasteiger partial charge in [-0.3, -0.25) is 0 Å². The Morgan fingerprint density at radius 3 is 3.08 bits per heavy atom. The molecule has 0 aromatic carbocycles. The van der Waals surface area contributed by atoms with Gasteiger partial charge in [0.1, 0.15) is 11.2 Å². The van der Waals surface area contributed by atoms with Gasteiger partial charge in [0, 0.05) is 6.21 Å². The second kappa shape index (κ2) is 2.33. The maximum atomic E-state index is 12.6. The summed E-state index contributed by atoms with van der Waals surface area (Å²) in [4.78, 5) is 13.3. The third kappa shape index (κ3) is 0.849. The summed E-state index contributed by atoms with van der Waals surface area (Å²) in [5.41, 5.74) is 0.919.